The fraction of sp³-hybridized carbons (Fsp3) is 0.394. The van der Waals surface area contributed by atoms with E-state index in [1.165, 1.54) is 44.5 Å². The van der Waals surface area contributed by atoms with Gasteiger partial charge in [0.15, 0.2) is 0 Å². The van der Waals surface area contributed by atoms with Crippen molar-refractivity contribution in [3.63, 3.8) is 0 Å². The predicted molar refractivity (Wildman–Crippen MR) is 148 cm³/mol. The molecule has 0 atom stereocenters. The molecule has 0 heterocycles. The first kappa shape index (κ1) is 25.8. The summed E-state index contributed by atoms with van der Waals surface area (Å²) in [5, 5.41) is 0. The van der Waals surface area contributed by atoms with Crippen molar-refractivity contribution in [3.8, 4) is 5.75 Å². The average Bonchev–Trinajstić information content (AvgIpc) is 2.81. The molecule has 3 rings (SSSR count). The van der Waals surface area contributed by atoms with Gasteiger partial charge in [-0.25, -0.2) is 0 Å². The molecule has 0 aliphatic rings. The Kier molecular flexibility index (Phi) is 8.42. The van der Waals surface area contributed by atoms with Crippen molar-refractivity contribution < 1.29 is 4.74 Å². The molecule has 3 aromatic rings. The molecule has 0 saturated carbocycles. The molecule has 0 bridgehead atoms. The lowest BCUT2D eigenvalue weighted by atomic mass is 9.74. The van der Waals surface area contributed by atoms with E-state index in [0.29, 0.717) is 6.61 Å². The summed E-state index contributed by atoms with van der Waals surface area (Å²) in [7, 11) is 0. The van der Waals surface area contributed by atoms with E-state index in [4.69, 9.17) is 4.74 Å². The number of allylic oxidation sites excluding steroid dienone is 2. The predicted octanol–water partition coefficient (Wildman–Crippen LogP) is 9.33. The summed E-state index contributed by atoms with van der Waals surface area (Å²) in [6, 6.07) is 24.2. The van der Waals surface area contributed by atoms with Crippen LogP contribution in [0.1, 0.15) is 101 Å². The molecular weight excluding hydrogens is 412 g/mol. The zero-order valence-corrected chi connectivity index (χ0v) is 22.5. The van der Waals surface area contributed by atoms with E-state index >= 15 is 0 Å². The second kappa shape index (κ2) is 11.1. The van der Waals surface area contributed by atoms with Gasteiger partial charge >= 0.3 is 0 Å². The Balaban J connectivity index is 2.50. The zero-order valence-electron chi connectivity index (χ0n) is 22.5. The fourth-order valence-corrected chi connectivity index (χ4v) is 4.87. The molecule has 0 aliphatic heterocycles. The summed E-state index contributed by atoms with van der Waals surface area (Å²) in [5.41, 5.74) is 10.8. The second-order valence-electron chi connectivity index (χ2n) is 10.5. The number of hydrogen-bond acceptors (Lipinski definition) is 1. The highest BCUT2D eigenvalue weighted by atomic mass is 16.5. The van der Waals surface area contributed by atoms with Gasteiger partial charge in [0.25, 0.3) is 0 Å². The van der Waals surface area contributed by atoms with Gasteiger partial charge in [-0.05, 0) is 73.4 Å². The van der Waals surface area contributed by atoms with E-state index < -0.39 is 0 Å². The quantitative estimate of drug-likeness (QED) is 0.308. The summed E-state index contributed by atoms with van der Waals surface area (Å²) in [6.07, 6.45) is 2.08. The largest absolute Gasteiger partial charge is 0.493 e. The van der Waals surface area contributed by atoms with Crippen LogP contribution in [0.15, 0.2) is 72.3 Å². The Bertz CT molecular complexity index is 1070. The van der Waals surface area contributed by atoms with Crippen molar-refractivity contribution in [2.75, 3.05) is 6.61 Å². The molecule has 34 heavy (non-hydrogen) atoms. The van der Waals surface area contributed by atoms with E-state index in [1.54, 1.807) is 0 Å². The highest BCUT2D eigenvalue weighted by molar-refractivity contribution is 5.76. The van der Waals surface area contributed by atoms with Crippen molar-refractivity contribution in [2.45, 2.75) is 79.6 Å². The minimum atomic E-state index is 0.00591. The molecular formula is C33H42O. The maximum Gasteiger partial charge on any atom is 0.127 e. The molecule has 1 heteroatoms. The zero-order chi connectivity index (χ0) is 24.9. The van der Waals surface area contributed by atoms with E-state index in [2.05, 4.69) is 122 Å². The molecule has 1 nitrogen and oxygen atoms in total. The molecule has 3 aromatic carbocycles. The van der Waals surface area contributed by atoms with Crippen LogP contribution in [0.3, 0.4) is 0 Å². The van der Waals surface area contributed by atoms with Crippen molar-refractivity contribution in [1.82, 2.24) is 0 Å². The Morgan fingerprint density at radius 2 is 1.35 bits per heavy atom. The molecule has 0 amide bonds. The molecule has 0 unspecified atom stereocenters. The lowest BCUT2D eigenvalue weighted by Crippen LogP contribution is -2.19. The smallest absolute Gasteiger partial charge is 0.127 e. The van der Waals surface area contributed by atoms with Gasteiger partial charge in [0.2, 0.25) is 0 Å². The molecule has 0 saturated heterocycles. The molecule has 180 valence electrons. The van der Waals surface area contributed by atoms with Crippen LogP contribution in [0.5, 0.6) is 5.75 Å². The molecule has 0 spiro atoms. The van der Waals surface area contributed by atoms with E-state index in [0.717, 1.165) is 18.6 Å². The Labute approximate surface area is 207 Å². The third kappa shape index (κ3) is 5.46. The number of rotatable bonds is 8. The van der Waals surface area contributed by atoms with Gasteiger partial charge < -0.3 is 4.74 Å². The van der Waals surface area contributed by atoms with Crippen LogP contribution < -0.4 is 4.74 Å². The van der Waals surface area contributed by atoms with Crippen LogP contribution >= 0.6 is 0 Å². The summed E-state index contributed by atoms with van der Waals surface area (Å²) in [6.45, 7) is 18.8. The second-order valence-corrected chi connectivity index (χ2v) is 10.5. The van der Waals surface area contributed by atoms with Crippen molar-refractivity contribution >= 4 is 5.57 Å². The van der Waals surface area contributed by atoms with Gasteiger partial charge in [0.05, 0.1) is 6.61 Å². The Morgan fingerprint density at radius 3 is 1.76 bits per heavy atom. The van der Waals surface area contributed by atoms with Crippen LogP contribution in [0.25, 0.3) is 5.57 Å². The van der Waals surface area contributed by atoms with Crippen LogP contribution in [0, 0.1) is 0 Å². The number of ether oxygens (including phenoxy) is 1. The summed E-state index contributed by atoms with van der Waals surface area (Å²) < 4.78 is 6.56. The minimum Gasteiger partial charge on any atom is -0.493 e. The van der Waals surface area contributed by atoms with Gasteiger partial charge in [-0.2, -0.15) is 0 Å². The van der Waals surface area contributed by atoms with Gasteiger partial charge in [-0.15, -0.1) is 0 Å². The van der Waals surface area contributed by atoms with Gasteiger partial charge in [-0.3, -0.25) is 0 Å². The summed E-state index contributed by atoms with van der Waals surface area (Å²) in [4.78, 5) is 0. The molecule has 0 aromatic heterocycles. The average molecular weight is 455 g/mol. The maximum atomic E-state index is 6.56. The lowest BCUT2D eigenvalue weighted by molar-refractivity contribution is 0.331. The summed E-state index contributed by atoms with van der Waals surface area (Å²) >= 11 is 0. The van der Waals surface area contributed by atoms with Crippen LogP contribution in [-0.2, 0) is 11.8 Å². The van der Waals surface area contributed by atoms with Gasteiger partial charge in [-0.1, -0.05) is 100 Å². The van der Waals surface area contributed by atoms with E-state index in [1.807, 2.05) is 0 Å². The molecule has 0 fully saturated rings. The summed E-state index contributed by atoms with van der Waals surface area (Å²) in [5.74, 6) is 1.19. The van der Waals surface area contributed by atoms with Gasteiger partial charge in [0, 0.05) is 17.0 Å². The SMILES string of the molecule is CCCc1c(OCC)c(C(c2ccccc2)c2ccccc2)cc(C(C)(C)C)c1C(C)=C(C)C. The van der Waals surface area contributed by atoms with Crippen molar-refractivity contribution in [1.29, 1.82) is 0 Å². The molecule has 0 N–H and O–H groups in total. The highest BCUT2D eigenvalue weighted by Crippen LogP contribution is 2.46. The monoisotopic (exact) mass is 454 g/mol. The van der Waals surface area contributed by atoms with Gasteiger partial charge in [0.1, 0.15) is 5.75 Å². The topological polar surface area (TPSA) is 9.23 Å². The first-order chi connectivity index (χ1) is 16.2. The van der Waals surface area contributed by atoms with Crippen LogP contribution in [0.2, 0.25) is 0 Å². The molecule has 0 aliphatic carbocycles. The number of hydrogen-bond donors (Lipinski definition) is 0. The van der Waals surface area contributed by atoms with Crippen molar-refractivity contribution in [3.05, 3.63) is 106 Å². The normalized spacial score (nSPS) is 11.6. The third-order valence-corrected chi connectivity index (χ3v) is 6.71. The van der Waals surface area contributed by atoms with Crippen LogP contribution in [-0.4, -0.2) is 6.61 Å². The van der Waals surface area contributed by atoms with Crippen LogP contribution in [0.4, 0.5) is 0 Å². The Hall–Kier alpha value is -2.80. The maximum absolute atomic E-state index is 6.56. The minimum absolute atomic E-state index is 0.00591. The number of benzene rings is 3. The highest BCUT2D eigenvalue weighted by Gasteiger charge is 2.30. The first-order valence-corrected chi connectivity index (χ1v) is 12.8. The van der Waals surface area contributed by atoms with E-state index in [9.17, 15) is 0 Å². The van der Waals surface area contributed by atoms with Crippen molar-refractivity contribution in [2.24, 2.45) is 0 Å². The fourth-order valence-electron chi connectivity index (χ4n) is 4.87. The first-order valence-electron chi connectivity index (χ1n) is 12.8. The molecule has 0 radical (unpaired) electrons. The lowest BCUT2D eigenvalue weighted by Gasteiger charge is -2.32. The third-order valence-electron chi connectivity index (χ3n) is 6.71. The standard InChI is InChI=1S/C33H42O/c1-9-17-27-30(24(5)23(3)4)29(33(6,7)8)22-28(32(27)34-10-2)31(25-18-13-11-14-19-25)26-20-15-12-16-21-26/h11-16,18-22,31H,9-10,17H2,1-8H3. The van der Waals surface area contributed by atoms with E-state index in [-0.39, 0.29) is 11.3 Å². The Morgan fingerprint density at radius 1 is 0.824 bits per heavy atom.